The van der Waals surface area contributed by atoms with Crippen molar-refractivity contribution in [2.24, 2.45) is 0 Å². The molecular weight excluding hydrogens is 315 g/mol. The summed E-state index contributed by atoms with van der Waals surface area (Å²) in [6.07, 6.45) is 2.06. The average Bonchev–Trinajstić information content (AvgIpc) is 3.04. The monoisotopic (exact) mass is 340 g/mol. The normalized spacial score (nSPS) is 17.8. The number of likely N-dealkylation sites (tertiary alicyclic amines) is 1. The number of rotatable bonds is 5. The molecule has 0 aromatic heterocycles. The van der Waals surface area contributed by atoms with Crippen LogP contribution in [0.4, 0.5) is 10.1 Å². The van der Waals surface area contributed by atoms with Gasteiger partial charge in [-0.2, -0.15) is 0 Å². The Morgan fingerprint density at radius 3 is 2.48 bits per heavy atom. The van der Waals surface area contributed by atoms with E-state index in [1.807, 2.05) is 61.2 Å². The maximum absolute atomic E-state index is 13.2. The van der Waals surface area contributed by atoms with E-state index in [0.29, 0.717) is 6.54 Å². The number of hydrogen-bond acceptors (Lipinski definition) is 2. The van der Waals surface area contributed by atoms with E-state index in [4.69, 9.17) is 0 Å². The second-order valence-electron chi connectivity index (χ2n) is 6.87. The summed E-state index contributed by atoms with van der Waals surface area (Å²) in [5.74, 6) is -0.116. The minimum Gasteiger partial charge on any atom is -0.309 e. The summed E-state index contributed by atoms with van der Waals surface area (Å²) in [7, 11) is 0. The van der Waals surface area contributed by atoms with E-state index >= 15 is 0 Å². The molecule has 0 N–H and O–H groups in total. The molecule has 1 aliphatic rings. The van der Waals surface area contributed by atoms with Gasteiger partial charge in [0.2, 0.25) is 5.91 Å². The van der Waals surface area contributed by atoms with Crippen LogP contribution in [0.25, 0.3) is 0 Å². The molecule has 0 saturated carbocycles. The molecule has 1 amide bonds. The van der Waals surface area contributed by atoms with Gasteiger partial charge < -0.3 is 4.90 Å². The second kappa shape index (κ2) is 7.79. The van der Waals surface area contributed by atoms with Crippen molar-refractivity contribution in [3.63, 3.8) is 0 Å². The van der Waals surface area contributed by atoms with Crippen molar-refractivity contribution in [2.45, 2.75) is 38.8 Å². The first-order valence-corrected chi connectivity index (χ1v) is 8.93. The van der Waals surface area contributed by atoms with E-state index in [1.54, 1.807) is 0 Å². The molecule has 0 spiro atoms. The number of anilines is 1. The molecule has 1 heterocycles. The van der Waals surface area contributed by atoms with Crippen molar-refractivity contribution < 1.29 is 9.18 Å². The number of benzene rings is 2. The van der Waals surface area contributed by atoms with Crippen LogP contribution in [0.3, 0.4) is 0 Å². The fraction of sp³-hybridized carbons (Fsp3) is 0.381. The van der Waals surface area contributed by atoms with Gasteiger partial charge in [-0.15, -0.1) is 0 Å². The number of hydrogen-bond donors (Lipinski definition) is 0. The molecule has 3 nitrogen and oxygen atoms in total. The Morgan fingerprint density at radius 1 is 1.16 bits per heavy atom. The van der Waals surface area contributed by atoms with Crippen LogP contribution in [0.15, 0.2) is 54.6 Å². The zero-order chi connectivity index (χ0) is 17.8. The first-order valence-electron chi connectivity index (χ1n) is 8.93. The molecule has 0 aliphatic carbocycles. The zero-order valence-electron chi connectivity index (χ0n) is 14.9. The predicted molar refractivity (Wildman–Crippen MR) is 99.0 cm³/mol. The van der Waals surface area contributed by atoms with Crippen LogP contribution < -0.4 is 4.90 Å². The Hall–Kier alpha value is -2.20. The number of halogens is 1. The summed E-state index contributed by atoms with van der Waals surface area (Å²) in [6.45, 7) is 5.35. The molecule has 0 radical (unpaired) electrons. The molecule has 132 valence electrons. The molecule has 4 heteroatoms. The maximum Gasteiger partial charge on any atom is 0.241 e. The summed E-state index contributed by atoms with van der Waals surface area (Å²) < 4.78 is 13.2. The van der Waals surface area contributed by atoms with E-state index in [9.17, 15) is 9.18 Å². The van der Waals surface area contributed by atoms with E-state index in [-0.39, 0.29) is 23.8 Å². The Kier molecular flexibility index (Phi) is 5.49. The van der Waals surface area contributed by atoms with E-state index < -0.39 is 0 Å². The number of carbonyl (C=O) groups excluding carboxylic acids is 1. The van der Waals surface area contributed by atoms with Gasteiger partial charge in [-0.05, 0) is 63.1 Å². The van der Waals surface area contributed by atoms with Gasteiger partial charge in [0.05, 0.1) is 6.54 Å². The third kappa shape index (κ3) is 4.07. The van der Waals surface area contributed by atoms with Crippen molar-refractivity contribution in [3.8, 4) is 0 Å². The first kappa shape index (κ1) is 17.6. The minimum absolute atomic E-state index is 0.0989. The Labute approximate surface area is 149 Å². The van der Waals surface area contributed by atoms with E-state index in [0.717, 1.165) is 30.6 Å². The number of carbonyl (C=O) groups is 1. The van der Waals surface area contributed by atoms with Gasteiger partial charge in [-0.3, -0.25) is 9.69 Å². The van der Waals surface area contributed by atoms with Gasteiger partial charge in [-0.25, -0.2) is 4.39 Å². The lowest BCUT2D eigenvalue weighted by atomic mass is 10.0. The van der Waals surface area contributed by atoms with Crippen LogP contribution in [0.5, 0.6) is 0 Å². The van der Waals surface area contributed by atoms with Crippen LogP contribution in [0, 0.1) is 5.82 Å². The van der Waals surface area contributed by atoms with Crippen molar-refractivity contribution in [2.75, 3.05) is 18.0 Å². The molecule has 1 atom stereocenters. The zero-order valence-corrected chi connectivity index (χ0v) is 14.9. The molecule has 25 heavy (non-hydrogen) atoms. The molecule has 1 aliphatic heterocycles. The standard InChI is InChI=1S/C21H25FN2O/c1-16(2)24(19-7-4-3-5-8-19)21(25)15-23-14-6-9-20(23)17-10-12-18(22)13-11-17/h3-5,7-8,10-13,16,20H,6,9,14-15H2,1-2H3. The summed E-state index contributed by atoms with van der Waals surface area (Å²) in [5, 5.41) is 0. The fourth-order valence-corrected chi connectivity index (χ4v) is 3.65. The Balaban J connectivity index is 1.75. The van der Waals surface area contributed by atoms with Gasteiger partial charge in [0.1, 0.15) is 5.82 Å². The highest BCUT2D eigenvalue weighted by Gasteiger charge is 2.30. The smallest absolute Gasteiger partial charge is 0.241 e. The summed E-state index contributed by atoms with van der Waals surface area (Å²) in [6, 6.07) is 16.8. The van der Waals surface area contributed by atoms with Gasteiger partial charge in [0.25, 0.3) is 0 Å². The predicted octanol–water partition coefficient (Wildman–Crippen LogP) is 4.40. The summed E-state index contributed by atoms with van der Waals surface area (Å²) >= 11 is 0. The Morgan fingerprint density at radius 2 is 1.84 bits per heavy atom. The minimum atomic E-state index is -0.223. The molecule has 0 bridgehead atoms. The second-order valence-corrected chi connectivity index (χ2v) is 6.87. The SMILES string of the molecule is CC(C)N(C(=O)CN1CCCC1c1ccc(F)cc1)c1ccccc1. The van der Waals surface area contributed by atoms with Gasteiger partial charge in [0, 0.05) is 17.8 Å². The molecule has 2 aromatic carbocycles. The van der Waals surface area contributed by atoms with Gasteiger partial charge in [-0.1, -0.05) is 30.3 Å². The molecule has 3 rings (SSSR count). The van der Waals surface area contributed by atoms with Crippen molar-refractivity contribution in [1.29, 1.82) is 0 Å². The molecule has 1 saturated heterocycles. The third-order valence-corrected chi connectivity index (χ3v) is 4.78. The number of para-hydroxylation sites is 1. The number of nitrogens with zero attached hydrogens (tertiary/aromatic N) is 2. The average molecular weight is 340 g/mol. The van der Waals surface area contributed by atoms with Crippen LogP contribution in [-0.2, 0) is 4.79 Å². The van der Waals surface area contributed by atoms with Crippen LogP contribution >= 0.6 is 0 Å². The van der Waals surface area contributed by atoms with Crippen molar-refractivity contribution in [1.82, 2.24) is 4.90 Å². The lowest BCUT2D eigenvalue weighted by molar-refractivity contribution is -0.120. The maximum atomic E-state index is 13.2. The van der Waals surface area contributed by atoms with Crippen LogP contribution in [0.2, 0.25) is 0 Å². The molecule has 2 aromatic rings. The van der Waals surface area contributed by atoms with E-state index in [1.165, 1.54) is 12.1 Å². The van der Waals surface area contributed by atoms with Crippen LogP contribution in [-0.4, -0.2) is 29.9 Å². The highest BCUT2D eigenvalue weighted by Crippen LogP contribution is 2.32. The van der Waals surface area contributed by atoms with Gasteiger partial charge >= 0.3 is 0 Å². The first-order chi connectivity index (χ1) is 12.1. The highest BCUT2D eigenvalue weighted by atomic mass is 19.1. The molecular formula is C21H25FN2O. The van der Waals surface area contributed by atoms with Crippen molar-refractivity contribution in [3.05, 3.63) is 66.0 Å². The third-order valence-electron chi connectivity index (χ3n) is 4.78. The molecule has 1 fully saturated rings. The van der Waals surface area contributed by atoms with Crippen LogP contribution in [0.1, 0.15) is 38.3 Å². The summed E-state index contributed by atoms with van der Waals surface area (Å²) in [4.78, 5) is 17.1. The largest absolute Gasteiger partial charge is 0.309 e. The molecule has 1 unspecified atom stereocenters. The number of amides is 1. The Bertz CT molecular complexity index is 700. The van der Waals surface area contributed by atoms with Crippen molar-refractivity contribution >= 4 is 11.6 Å². The fourth-order valence-electron chi connectivity index (χ4n) is 3.65. The lowest BCUT2D eigenvalue weighted by Gasteiger charge is -2.31. The van der Waals surface area contributed by atoms with Gasteiger partial charge in [0.15, 0.2) is 0 Å². The lowest BCUT2D eigenvalue weighted by Crippen LogP contribution is -2.43. The summed E-state index contributed by atoms with van der Waals surface area (Å²) in [5.41, 5.74) is 2.02. The quantitative estimate of drug-likeness (QED) is 0.805. The topological polar surface area (TPSA) is 23.6 Å². The highest BCUT2D eigenvalue weighted by molar-refractivity contribution is 5.95. The van der Waals surface area contributed by atoms with E-state index in [2.05, 4.69) is 4.90 Å².